The predicted molar refractivity (Wildman–Crippen MR) is 127 cm³/mol. The van der Waals surface area contributed by atoms with E-state index in [0.29, 0.717) is 0 Å². The van der Waals surface area contributed by atoms with Crippen molar-refractivity contribution in [1.82, 2.24) is 20.9 Å². The Morgan fingerprint density at radius 3 is 2.17 bits per heavy atom. The minimum absolute atomic E-state index is 0.0532. The van der Waals surface area contributed by atoms with Crippen LogP contribution in [0.15, 0.2) is 30.5 Å². The molecule has 12 heteroatoms. The van der Waals surface area contributed by atoms with Gasteiger partial charge >= 0.3 is 5.97 Å². The normalized spacial score (nSPS) is 15.6. The molecule has 12 nitrogen and oxygen atoms in total. The summed E-state index contributed by atoms with van der Waals surface area (Å²) in [6.07, 6.45) is 0.391. The molecule has 192 valence electrons. The molecule has 1 aromatic heterocycles. The number of para-hydroxylation sites is 1. The van der Waals surface area contributed by atoms with Crippen molar-refractivity contribution >= 4 is 34.6 Å². The Morgan fingerprint density at radius 2 is 1.60 bits per heavy atom. The number of benzene rings is 1. The van der Waals surface area contributed by atoms with E-state index in [2.05, 4.69) is 20.9 Å². The highest BCUT2D eigenvalue weighted by molar-refractivity contribution is 5.95. The van der Waals surface area contributed by atoms with E-state index in [1.807, 2.05) is 24.3 Å². The molecule has 0 spiro atoms. The Bertz CT molecular complexity index is 1050. The van der Waals surface area contributed by atoms with E-state index in [1.54, 1.807) is 20.0 Å². The lowest BCUT2D eigenvalue weighted by atomic mass is 10.00. The number of aliphatic carboxylic acids is 1. The summed E-state index contributed by atoms with van der Waals surface area (Å²) in [5.41, 5.74) is 7.15. The molecular formula is C23H33N5O7. The number of amides is 3. The standard InChI is InChI=1S/C23H33N5O7/c1-11(2)18(22(33)28-19(12(3)30)23(34)35)27-21(32)17(26-20(31)15(24)10-29)8-13-9-25-16-7-5-4-6-14(13)16/h4-7,9,11-12,15,17-19,25,29-30H,8,10,24H2,1-3H3,(H,26,31)(H,27,32)(H,28,33)(H,34,35). The Balaban J connectivity index is 2.28. The lowest BCUT2D eigenvalue weighted by molar-refractivity contribution is -0.145. The molecule has 0 saturated carbocycles. The molecule has 0 radical (unpaired) electrons. The minimum atomic E-state index is -1.56. The molecule has 5 unspecified atom stereocenters. The van der Waals surface area contributed by atoms with Gasteiger partial charge in [0.1, 0.15) is 18.1 Å². The first-order chi connectivity index (χ1) is 16.5. The average molecular weight is 492 g/mol. The van der Waals surface area contributed by atoms with Gasteiger partial charge in [-0.3, -0.25) is 14.4 Å². The Kier molecular flexibility index (Phi) is 9.75. The highest BCUT2D eigenvalue weighted by atomic mass is 16.4. The SMILES string of the molecule is CC(C)C(NC(=O)C(Cc1c[nH]c2ccccc12)NC(=O)C(N)CO)C(=O)NC(C(=O)O)C(C)O. The number of carbonyl (C=O) groups excluding carboxylic acids is 3. The minimum Gasteiger partial charge on any atom is -0.480 e. The lowest BCUT2D eigenvalue weighted by Gasteiger charge is -2.27. The van der Waals surface area contributed by atoms with Crippen molar-refractivity contribution in [2.75, 3.05) is 6.61 Å². The summed E-state index contributed by atoms with van der Waals surface area (Å²) in [5, 5.41) is 36.3. The van der Waals surface area contributed by atoms with Crippen LogP contribution in [0, 0.1) is 5.92 Å². The number of nitrogens with two attached hydrogens (primary N) is 1. The van der Waals surface area contributed by atoms with Crippen LogP contribution in [0.1, 0.15) is 26.3 Å². The average Bonchev–Trinajstić information content (AvgIpc) is 3.21. The number of aromatic amines is 1. The first-order valence-corrected chi connectivity index (χ1v) is 11.2. The van der Waals surface area contributed by atoms with Crippen molar-refractivity contribution in [1.29, 1.82) is 0 Å². The van der Waals surface area contributed by atoms with Gasteiger partial charge in [0.05, 0.1) is 12.7 Å². The maximum atomic E-state index is 13.2. The lowest BCUT2D eigenvalue weighted by Crippen LogP contribution is -2.60. The van der Waals surface area contributed by atoms with Crippen LogP contribution in [0.4, 0.5) is 0 Å². The van der Waals surface area contributed by atoms with Gasteiger partial charge in [-0.05, 0) is 24.5 Å². The second-order valence-corrected chi connectivity index (χ2v) is 8.71. The number of H-pyrrole nitrogens is 1. The monoisotopic (exact) mass is 491 g/mol. The second-order valence-electron chi connectivity index (χ2n) is 8.71. The Labute approximate surface area is 202 Å². The van der Waals surface area contributed by atoms with E-state index in [1.165, 1.54) is 6.92 Å². The summed E-state index contributed by atoms with van der Waals surface area (Å²) in [5.74, 6) is -4.13. The van der Waals surface area contributed by atoms with Crippen molar-refractivity contribution in [2.45, 2.75) is 57.5 Å². The zero-order chi connectivity index (χ0) is 26.3. The second kappa shape index (κ2) is 12.3. The number of hydrogen-bond donors (Lipinski definition) is 8. The molecule has 5 atom stereocenters. The van der Waals surface area contributed by atoms with Gasteiger partial charge in [-0.15, -0.1) is 0 Å². The summed E-state index contributed by atoms with van der Waals surface area (Å²) in [7, 11) is 0. The van der Waals surface area contributed by atoms with E-state index in [-0.39, 0.29) is 6.42 Å². The molecule has 1 aromatic carbocycles. The van der Waals surface area contributed by atoms with Gasteiger partial charge in [-0.2, -0.15) is 0 Å². The number of nitrogens with one attached hydrogen (secondary N) is 4. The largest absolute Gasteiger partial charge is 0.480 e. The van der Waals surface area contributed by atoms with Gasteiger partial charge in [0.25, 0.3) is 0 Å². The fourth-order valence-electron chi connectivity index (χ4n) is 3.51. The molecule has 35 heavy (non-hydrogen) atoms. The van der Waals surface area contributed by atoms with Crippen LogP contribution in [-0.4, -0.2) is 80.9 Å². The van der Waals surface area contributed by atoms with E-state index in [4.69, 9.17) is 5.73 Å². The maximum Gasteiger partial charge on any atom is 0.328 e. The van der Waals surface area contributed by atoms with E-state index in [9.17, 15) is 34.5 Å². The molecule has 0 fully saturated rings. The summed E-state index contributed by atoms with van der Waals surface area (Å²) >= 11 is 0. The molecule has 0 saturated heterocycles. The smallest absolute Gasteiger partial charge is 0.328 e. The van der Waals surface area contributed by atoms with Crippen molar-refractivity contribution in [2.24, 2.45) is 11.7 Å². The number of carboxylic acid groups (broad SMARTS) is 1. The Morgan fingerprint density at radius 1 is 0.971 bits per heavy atom. The first kappa shape index (κ1) is 27.8. The number of aliphatic hydroxyl groups is 2. The van der Waals surface area contributed by atoms with Crippen LogP contribution in [0.3, 0.4) is 0 Å². The molecule has 1 heterocycles. The van der Waals surface area contributed by atoms with Crippen LogP contribution in [0.5, 0.6) is 0 Å². The van der Waals surface area contributed by atoms with Gasteiger partial charge in [0.15, 0.2) is 6.04 Å². The van der Waals surface area contributed by atoms with Crippen molar-refractivity contribution in [3.8, 4) is 0 Å². The van der Waals surface area contributed by atoms with Crippen LogP contribution in [-0.2, 0) is 25.6 Å². The molecule has 0 aliphatic rings. The van der Waals surface area contributed by atoms with E-state index in [0.717, 1.165) is 16.5 Å². The van der Waals surface area contributed by atoms with Gasteiger partial charge in [-0.25, -0.2) is 4.79 Å². The molecule has 0 bridgehead atoms. The molecule has 0 aliphatic heterocycles. The van der Waals surface area contributed by atoms with Crippen LogP contribution in [0.25, 0.3) is 10.9 Å². The summed E-state index contributed by atoms with van der Waals surface area (Å²) < 4.78 is 0. The third-order valence-electron chi connectivity index (χ3n) is 5.56. The number of hydrogen-bond acceptors (Lipinski definition) is 7. The fraction of sp³-hybridized carbons (Fsp3) is 0.478. The third kappa shape index (κ3) is 7.25. The van der Waals surface area contributed by atoms with E-state index >= 15 is 0 Å². The summed E-state index contributed by atoms with van der Waals surface area (Å²) in [6, 6.07) is 2.26. The molecule has 9 N–H and O–H groups in total. The molecular weight excluding hydrogens is 458 g/mol. The zero-order valence-electron chi connectivity index (χ0n) is 19.8. The zero-order valence-corrected chi connectivity index (χ0v) is 19.8. The highest BCUT2D eigenvalue weighted by Crippen LogP contribution is 2.19. The van der Waals surface area contributed by atoms with Crippen molar-refractivity contribution in [3.63, 3.8) is 0 Å². The highest BCUT2D eigenvalue weighted by Gasteiger charge is 2.33. The molecule has 3 amide bonds. The van der Waals surface area contributed by atoms with Gasteiger partial charge < -0.3 is 42.0 Å². The third-order valence-corrected chi connectivity index (χ3v) is 5.56. The topological polar surface area (TPSA) is 207 Å². The number of fused-ring (bicyclic) bond motifs is 1. The van der Waals surface area contributed by atoms with Crippen LogP contribution in [0.2, 0.25) is 0 Å². The fourth-order valence-corrected chi connectivity index (χ4v) is 3.51. The van der Waals surface area contributed by atoms with Gasteiger partial charge in [0.2, 0.25) is 17.7 Å². The van der Waals surface area contributed by atoms with Crippen LogP contribution >= 0.6 is 0 Å². The van der Waals surface area contributed by atoms with Gasteiger partial charge in [0, 0.05) is 23.5 Å². The number of carboxylic acids is 1. The molecule has 2 aromatic rings. The molecule has 0 aliphatic carbocycles. The van der Waals surface area contributed by atoms with Crippen molar-refractivity contribution < 1.29 is 34.5 Å². The number of aromatic nitrogens is 1. The predicted octanol–water partition coefficient (Wildman–Crippen LogP) is -1.39. The van der Waals surface area contributed by atoms with Crippen molar-refractivity contribution in [3.05, 3.63) is 36.0 Å². The summed E-state index contributed by atoms with van der Waals surface area (Å²) in [6.45, 7) is 3.90. The van der Waals surface area contributed by atoms with Crippen LogP contribution < -0.4 is 21.7 Å². The maximum absolute atomic E-state index is 13.2. The summed E-state index contributed by atoms with van der Waals surface area (Å²) in [4.78, 5) is 52.8. The quantitative estimate of drug-likeness (QED) is 0.177. The van der Waals surface area contributed by atoms with Gasteiger partial charge in [-0.1, -0.05) is 32.0 Å². The number of carbonyl (C=O) groups is 4. The Hall–Kier alpha value is -3.48. The molecule has 2 rings (SSSR count). The number of aliphatic hydroxyl groups excluding tert-OH is 2. The first-order valence-electron chi connectivity index (χ1n) is 11.2. The number of rotatable bonds is 12. The van der Waals surface area contributed by atoms with E-state index < -0.39 is 66.5 Å².